The van der Waals surface area contributed by atoms with Gasteiger partial charge in [0, 0.05) is 11.3 Å². The van der Waals surface area contributed by atoms with Gasteiger partial charge in [0.05, 0.1) is 5.36 Å². The maximum atomic E-state index is 10.7. The van der Waals surface area contributed by atoms with Crippen LogP contribution in [0.25, 0.3) is 6.08 Å². The molecule has 2 nitrogen and oxygen atoms in total. The molecule has 1 aromatic carbocycles. The zero-order chi connectivity index (χ0) is 6.97. The second kappa shape index (κ2) is 4.24. The number of fused-ring (bicyclic) bond motifs is 1. The van der Waals surface area contributed by atoms with Gasteiger partial charge in [-0.2, -0.15) is 0 Å². The molecule has 0 saturated carbocycles. The third kappa shape index (κ3) is 1.84. The first kappa shape index (κ1) is 11.1. The summed E-state index contributed by atoms with van der Waals surface area (Å²) in [5, 5.41) is 1.71. The monoisotopic (exact) mass is 203 g/mol. The Morgan fingerprint density at radius 1 is 1.08 bits per heavy atom. The minimum Gasteiger partial charge on any atom is -0.267 e. The number of para-hydroxylation sites is 1. The highest BCUT2D eigenvalue weighted by Gasteiger charge is 1.99. The van der Waals surface area contributed by atoms with Crippen molar-refractivity contribution in [2.75, 3.05) is 0 Å². The maximum absolute atomic E-state index is 10.7. The summed E-state index contributed by atoms with van der Waals surface area (Å²) in [5.74, 6) is -0.152. The van der Waals surface area contributed by atoms with Gasteiger partial charge in [0.25, 0.3) is 5.91 Å². The Balaban J connectivity index is 0.000000605. The van der Waals surface area contributed by atoms with Crippen LogP contribution in [0.15, 0.2) is 29.3 Å². The molecule has 12 heavy (non-hydrogen) atoms. The van der Waals surface area contributed by atoms with Crippen LogP contribution in [-0.2, 0) is 4.79 Å². The van der Waals surface area contributed by atoms with Gasteiger partial charge in [-0.25, -0.2) is 4.99 Å². The van der Waals surface area contributed by atoms with Gasteiger partial charge < -0.3 is 0 Å². The predicted octanol–water partition coefficient (Wildman–Crippen LogP) is 0.471. The lowest BCUT2D eigenvalue weighted by molar-refractivity contribution is -0.112. The molecular formula is C8H7Cl2NO. The van der Waals surface area contributed by atoms with Gasteiger partial charge in [0.15, 0.2) is 0 Å². The zero-order valence-electron chi connectivity index (χ0n) is 6.06. The third-order valence-electron chi connectivity index (χ3n) is 1.45. The molecule has 0 spiro atoms. The summed E-state index contributed by atoms with van der Waals surface area (Å²) in [7, 11) is 0. The quantitative estimate of drug-likeness (QED) is 0.604. The van der Waals surface area contributed by atoms with Crippen LogP contribution >= 0.6 is 24.8 Å². The molecule has 0 aliphatic carbocycles. The Labute approximate surface area is 81.8 Å². The Hall–Kier alpha value is -0.860. The van der Waals surface area contributed by atoms with E-state index in [4.69, 9.17) is 0 Å². The molecule has 1 aliphatic rings. The topological polar surface area (TPSA) is 29.4 Å². The van der Waals surface area contributed by atoms with Gasteiger partial charge in [-0.05, 0) is 6.07 Å². The van der Waals surface area contributed by atoms with E-state index in [9.17, 15) is 4.79 Å². The standard InChI is InChI=1S/C8H5NO.2ClH/c10-8-5-6-3-1-2-4-7(6)9-8;;/h1-5H;2*1H. The van der Waals surface area contributed by atoms with Gasteiger partial charge in [0.1, 0.15) is 0 Å². The molecule has 2 rings (SSSR count). The molecule has 0 fully saturated rings. The Kier molecular flexibility index (Phi) is 3.93. The zero-order valence-corrected chi connectivity index (χ0v) is 7.69. The van der Waals surface area contributed by atoms with E-state index in [1.54, 1.807) is 0 Å². The van der Waals surface area contributed by atoms with E-state index in [1.165, 1.54) is 6.08 Å². The average molecular weight is 204 g/mol. The Morgan fingerprint density at radius 3 is 2.42 bits per heavy atom. The van der Waals surface area contributed by atoms with Crippen LogP contribution in [0.5, 0.6) is 0 Å². The van der Waals surface area contributed by atoms with E-state index in [0.717, 1.165) is 10.6 Å². The van der Waals surface area contributed by atoms with Crippen molar-refractivity contribution >= 4 is 36.8 Å². The number of benzene rings is 1. The first-order valence-electron chi connectivity index (χ1n) is 3.06. The maximum Gasteiger partial charge on any atom is 0.270 e. The van der Waals surface area contributed by atoms with Gasteiger partial charge in [-0.15, -0.1) is 24.8 Å². The van der Waals surface area contributed by atoms with Crippen LogP contribution in [0.4, 0.5) is 0 Å². The number of hydrogen-bond donors (Lipinski definition) is 0. The fraction of sp³-hybridized carbons (Fsp3) is 0. The van der Waals surface area contributed by atoms with Crippen molar-refractivity contribution in [2.45, 2.75) is 0 Å². The molecule has 0 atom stereocenters. The van der Waals surface area contributed by atoms with E-state index in [1.807, 2.05) is 24.3 Å². The number of hydrogen-bond acceptors (Lipinski definition) is 1. The van der Waals surface area contributed by atoms with Gasteiger partial charge >= 0.3 is 0 Å². The van der Waals surface area contributed by atoms with Crippen LogP contribution < -0.4 is 10.6 Å². The van der Waals surface area contributed by atoms with Crippen LogP contribution in [0.3, 0.4) is 0 Å². The summed E-state index contributed by atoms with van der Waals surface area (Å²) in [6.07, 6.45) is 1.54. The molecular weight excluding hydrogens is 197 g/mol. The smallest absolute Gasteiger partial charge is 0.267 e. The first-order chi connectivity index (χ1) is 4.86. The average Bonchev–Trinajstić information content (AvgIpc) is 2.27. The second-order valence-corrected chi connectivity index (χ2v) is 2.15. The molecule has 0 N–H and O–H groups in total. The molecule has 1 aromatic rings. The summed E-state index contributed by atoms with van der Waals surface area (Å²) < 4.78 is 0. The lowest BCUT2D eigenvalue weighted by Crippen LogP contribution is -2.19. The summed E-state index contributed by atoms with van der Waals surface area (Å²) >= 11 is 0. The van der Waals surface area contributed by atoms with Gasteiger partial charge in [-0.1, -0.05) is 18.2 Å². The highest BCUT2D eigenvalue weighted by Crippen LogP contribution is 1.81. The number of carbonyl (C=O) groups excluding carboxylic acids is 1. The highest BCUT2D eigenvalue weighted by atomic mass is 35.5. The fourth-order valence-electron chi connectivity index (χ4n) is 0.995. The molecule has 1 aliphatic heterocycles. The van der Waals surface area contributed by atoms with E-state index in [2.05, 4.69) is 4.99 Å². The van der Waals surface area contributed by atoms with Crippen molar-refractivity contribution in [1.82, 2.24) is 0 Å². The summed E-state index contributed by atoms with van der Waals surface area (Å²) in [4.78, 5) is 14.4. The number of rotatable bonds is 0. The van der Waals surface area contributed by atoms with Crippen LogP contribution in [0.1, 0.15) is 0 Å². The lowest BCUT2D eigenvalue weighted by atomic mass is 10.3. The van der Waals surface area contributed by atoms with Gasteiger partial charge in [-0.3, -0.25) is 4.79 Å². The molecule has 1 heterocycles. The molecule has 0 bridgehead atoms. The molecule has 64 valence electrons. The largest absolute Gasteiger partial charge is 0.270 e. The first-order valence-corrected chi connectivity index (χ1v) is 3.06. The fourth-order valence-corrected chi connectivity index (χ4v) is 0.995. The predicted molar refractivity (Wildman–Crippen MR) is 51.2 cm³/mol. The normalized spacial score (nSPS) is 11.5. The third-order valence-corrected chi connectivity index (χ3v) is 1.45. The molecule has 0 unspecified atom stereocenters. The molecule has 4 heteroatoms. The van der Waals surface area contributed by atoms with Crippen molar-refractivity contribution in [2.24, 2.45) is 4.99 Å². The van der Waals surface area contributed by atoms with Crippen molar-refractivity contribution in [1.29, 1.82) is 0 Å². The van der Waals surface area contributed by atoms with E-state index in [-0.39, 0.29) is 30.7 Å². The van der Waals surface area contributed by atoms with Crippen molar-refractivity contribution in [3.05, 3.63) is 34.8 Å². The Bertz CT molecular complexity index is 363. The number of amides is 1. The second-order valence-electron chi connectivity index (χ2n) is 2.15. The number of carbonyl (C=O) groups is 1. The Morgan fingerprint density at radius 2 is 1.75 bits per heavy atom. The minimum absolute atomic E-state index is 0. The van der Waals surface area contributed by atoms with E-state index < -0.39 is 0 Å². The van der Waals surface area contributed by atoms with Crippen LogP contribution in [-0.4, -0.2) is 5.91 Å². The summed E-state index contributed by atoms with van der Waals surface area (Å²) in [6, 6.07) is 7.47. The molecule has 0 aromatic heterocycles. The summed E-state index contributed by atoms with van der Waals surface area (Å²) in [6.45, 7) is 0. The molecule has 1 amide bonds. The van der Waals surface area contributed by atoms with E-state index >= 15 is 0 Å². The van der Waals surface area contributed by atoms with Crippen LogP contribution in [0.2, 0.25) is 0 Å². The highest BCUT2D eigenvalue weighted by molar-refractivity contribution is 6.06. The van der Waals surface area contributed by atoms with E-state index in [0.29, 0.717) is 0 Å². The van der Waals surface area contributed by atoms with Crippen molar-refractivity contribution < 1.29 is 4.79 Å². The van der Waals surface area contributed by atoms with Crippen molar-refractivity contribution in [3.63, 3.8) is 0 Å². The summed E-state index contributed by atoms with van der Waals surface area (Å²) in [5.41, 5.74) is 0. The minimum atomic E-state index is -0.152. The number of halogens is 2. The van der Waals surface area contributed by atoms with Crippen LogP contribution in [0, 0.1) is 0 Å². The SMILES string of the molecule is Cl.Cl.O=C1C=c2ccccc2=N1. The lowest BCUT2D eigenvalue weighted by Gasteiger charge is -1.77. The van der Waals surface area contributed by atoms with Gasteiger partial charge in [0.2, 0.25) is 0 Å². The van der Waals surface area contributed by atoms with Crippen molar-refractivity contribution in [3.8, 4) is 0 Å². The number of nitrogens with zero attached hydrogens (tertiary/aromatic N) is 1. The molecule has 0 radical (unpaired) electrons. The molecule has 0 saturated heterocycles.